The Bertz CT molecular complexity index is 958. The minimum Gasteiger partial charge on any atom is -0.383 e. The zero-order chi connectivity index (χ0) is 19.2. The van der Waals surface area contributed by atoms with Crippen molar-refractivity contribution in [3.05, 3.63) is 30.0 Å². The van der Waals surface area contributed by atoms with Crippen molar-refractivity contribution in [2.45, 2.75) is 46.1 Å². The first kappa shape index (κ1) is 18.1. The van der Waals surface area contributed by atoms with Crippen LogP contribution in [0, 0.1) is 0 Å². The molecule has 2 aromatic heterocycles. The summed E-state index contributed by atoms with van der Waals surface area (Å²) in [4.78, 5) is 13.3. The van der Waals surface area contributed by atoms with Gasteiger partial charge in [-0.3, -0.25) is 4.90 Å². The fourth-order valence-corrected chi connectivity index (χ4v) is 4.17. The number of anilines is 2. The Morgan fingerprint density at radius 3 is 2.48 bits per heavy atom. The summed E-state index contributed by atoms with van der Waals surface area (Å²) in [5.41, 5.74) is 11.0. The van der Waals surface area contributed by atoms with E-state index in [4.69, 9.17) is 5.73 Å². The van der Waals surface area contributed by atoms with Gasteiger partial charge in [0.25, 0.3) is 0 Å². The number of aryl methyl sites for hydroxylation is 1. The van der Waals surface area contributed by atoms with E-state index in [0.717, 1.165) is 60.8 Å². The van der Waals surface area contributed by atoms with Crippen molar-refractivity contribution in [3.8, 4) is 0 Å². The van der Waals surface area contributed by atoms with Crippen molar-refractivity contribution >= 4 is 33.3 Å². The molecule has 3 aromatic rings. The Labute approximate surface area is 161 Å². The van der Waals surface area contributed by atoms with E-state index in [1.807, 2.05) is 0 Å². The number of rotatable bonds is 3. The van der Waals surface area contributed by atoms with Crippen molar-refractivity contribution < 1.29 is 0 Å². The zero-order valence-corrected chi connectivity index (χ0v) is 17.0. The lowest BCUT2D eigenvalue weighted by atomic mass is 10.0. The van der Waals surface area contributed by atoms with E-state index in [9.17, 15) is 0 Å². The number of fused-ring (bicyclic) bond motifs is 3. The zero-order valence-electron chi connectivity index (χ0n) is 17.0. The second kappa shape index (κ2) is 6.71. The second-order valence-electron chi connectivity index (χ2n) is 8.68. The summed E-state index contributed by atoms with van der Waals surface area (Å²) in [5, 5.41) is 2.21. The maximum Gasteiger partial charge on any atom is 0.133 e. The molecule has 0 spiro atoms. The summed E-state index contributed by atoms with van der Waals surface area (Å²) in [6, 6.07) is 8.73. The standard InChI is InChI=1S/C22H31N5/c1-5-6-15-13-18-20(24-15)17-14-16(7-8-19(17)25-21(18)23)26-9-11-27(12-10-26)22(2,3)4/h7-8,13-14,24H,5-6,9-12H2,1-4H3,(H2,23,25). The van der Waals surface area contributed by atoms with Gasteiger partial charge in [0.2, 0.25) is 0 Å². The van der Waals surface area contributed by atoms with Crippen LogP contribution in [0.1, 0.15) is 39.8 Å². The number of pyridine rings is 1. The first-order valence-corrected chi connectivity index (χ1v) is 10.1. The van der Waals surface area contributed by atoms with Crippen molar-refractivity contribution in [1.29, 1.82) is 0 Å². The molecule has 27 heavy (non-hydrogen) atoms. The molecule has 4 rings (SSSR count). The highest BCUT2D eigenvalue weighted by Crippen LogP contribution is 2.32. The summed E-state index contributed by atoms with van der Waals surface area (Å²) in [7, 11) is 0. The van der Waals surface area contributed by atoms with Gasteiger partial charge >= 0.3 is 0 Å². The number of nitrogen functional groups attached to an aromatic ring is 1. The van der Waals surface area contributed by atoms with Crippen LogP contribution in [-0.4, -0.2) is 46.6 Å². The van der Waals surface area contributed by atoms with E-state index in [1.165, 1.54) is 11.4 Å². The van der Waals surface area contributed by atoms with Crippen LogP contribution < -0.4 is 10.6 Å². The number of piperazine rings is 1. The summed E-state index contributed by atoms with van der Waals surface area (Å²) in [5.74, 6) is 0.614. The van der Waals surface area contributed by atoms with E-state index in [1.54, 1.807) is 0 Å². The molecule has 0 radical (unpaired) electrons. The average Bonchev–Trinajstić information content (AvgIpc) is 3.06. The molecule has 0 atom stereocenters. The van der Waals surface area contributed by atoms with Crippen LogP contribution in [0.15, 0.2) is 24.3 Å². The Kier molecular flexibility index (Phi) is 4.50. The number of hydrogen-bond donors (Lipinski definition) is 2. The third kappa shape index (κ3) is 3.36. The third-order valence-corrected chi connectivity index (χ3v) is 5.75. The fourth-order valence-electron chi connectivity index (χ4n) is 4.17. The van der Waals surface area contributed by atoms with E-state index >= 15 is 0 Å². The molecule has 1 saturated heterocycles. The summed E-state index contributed by atoms with van der Waals surface area (Å²) < 4.78 is 0. The van der Waals surface area contributed by atoms with Crippen molar-refractivity contribution in [2.75, 3.05) is 36.8 Å². The number of benzene rings is 1. The molecule has 0 saturated carbocycles. The Hall–Kier alpha value is -2.27. The summed E-state index contributed by atoms with van der Waals surface area (Å²) in [6.45, 7) is 13.4. The van der Waals surface area contributed by atoms with Crippen molar-refractivity contribution in [2.24, 2.45) is 0 Å². The van der Waals surface area contributed by atoms with Crippen LogP contribution in [0.4, 0.5) is 11.5 Å². The summed E-state index contributed by atoms with van der Waals surface area (Å²) in [6.07, 6.45) is 2.14. The minimum atomic E-state index is 0.239. The first-order valence-electron chi connectivity index (χ1n) is 10.1. The molecular weight excluding hydrogens is 334 g/mol. The van der Waals surface area contributed by atoms with Crippen LogP contribution in [0.25, 0.3) is 21.8 Å². The van der Waals surface area contributed by atoms with Gasteiger partial charge in [-0.05, 0) is 51.5 Å². The molecule has 1 fully saturated rings. The van der Waals surface area contributed by atoms with Gasteiger partial charge in [-0.2, -0.15) is 0 Å². The number of nitrogens with one attached hydrogen (secondary N) is 1. The number of aromatic amines is 1. The molecule has 3 heterocycles. The molecule has 1 aliphatic rings. The Morgan fingerprint density at radius 2 is 1.81 bits per heavy atom. The first-order chi connectivity index (χ1) is 12.9. The monoisotopic (exact) mass is 365 g/mol. The van der Waals surface area contributed by atoms with Gasteiger partial charge in [0.05, 0.1) is 11.0 Å². The van der Waals surface area contributed by atoms with Crippen LogP contribution in [0.2, 0.25) is 0 Å². The van der Waals surface area contributed by atoms with Gasteiger partial charge in [-0.15, -0.1) is 0 Å². The van der Waals surface area contributed by atoms with Gasteiger partial charge in [0.15, 0.2) is 0 Å². The molecule has 0 bridgehead atoms. The molecular formula is C22H31N5. The Morgan fingerprint density at radius 1 is 1.07 bits per heavy atom. The smallest absolute Gasteiger partial charge is 0.133 e. The maximum atomic E-state index is 6.22. The van der Waals surface area contributed by atoms with Gasteiger partial charge in [-0.25, -0.2) is 4.98 Å². The fraction of sp³-hybridized carbons (Fsp3) is 0.500. The largest absolute Gasteiger partial charge is 0.383 e. The van der Waals surface area contributed by atoms with Crippen LogP contribution in [0.5, 0.6) is 0 Å². The van der Waals surface area contributed by atoms with Gasteiger partial charge in [0, 0.05) is 53.9 Å². The number of hydrogen-bond acceptors (Lipinski definition) is 4. The highest BCUT2D eigenvalue weighted by molar-refractivity contribution is 6.09. The topological polar surface area (TPSA) is 61.2 Å². The molecule has 0 aliphatic carbocycles. The van der Waals surface area contributed by atoms with E-state index in [-0.39, 0.29) is 5.54 Å². The lowest BCUT2D eigenvalue weighted by molar-refractivity contribution is 0.128. The van der Waals surface area contributed by atoms with Gasteiger partial charge < -0.3 is 15.6 Å². The lowest BCUT2D eigenvalue weighted by Crippen LogP contribution is -2.53. The van der Waals surface area contributed by atoms with Crippen LogP contribution in [-0.2, 0) is 6.42 Å². The molecule has 1 aliphatic heterocycles. The van der Waals surface area contributed by atoms with Crippen LogP contribution in [0.3, 0.4) is 0 Å². The van der Waals surface area contributed by atoms with Gasteiger partial charge in [-0.1, -0.05) is 13.3 Å². The second-order valence-corrected chi connectivity index (χ2v) is 8.68. The highest BCUT2D eigenvalue weighted by atomic mass is 15.3. The molecule has 0 amide bonds. The van der Waals surface area contributed by atoms with Crippen LogP contribution >= 0.6 is 0 Å². The van der Waals surface area contributed by atoms with E-state index in [2.05, 4.69) is 71.7 Å². The SMILES string of the molecule is CCCc1cc2c(N)nc3ccc(N4CCN(C(C)(C)C)CC4)cc3c2[nH]1. The summed E-state index contributed by atoms with van der Waals surface area (Å²) >= 11 is 0. The quantitative estimate of drug-likeness (QED) is 0.731. The molecule has 5 heteroatoms. The Balaban J connectivity index is 1.69. The lowest BCUT2D eigenvalue weighted by Gasteiger charge is -2.43. The molecule has 5 nitrogen and oxygen atoms in total. The average molecular weight is 366 g/mol. The maximum absolute atomic E-state index is 6.22. The normalized spacial score (nSPS) is 16.5. The van der Waals surface area contributed by atoms with Gasteiger partial charge in [0.1, 0.15) is 5.82 Å². The number of nitrogens with two attached hydrogens (primary N) is 1. The number of H-pyrrole nitrogens is 1. The van der Waals surface area contributed by atoms with E-state index < -0.39 is 0 Å². The molecule has 3 N–H and O–H groups in total. The molecule has 1 aromatic carbocycles. The van der Waals surface area contributed by atoms with E-state index in [0.29, 0.717) is 5.82 Å². The predicted octanol–water partition coefficient (Wildman–Crippen LogP) is 4.17. The van der Waals surface area contributed by atoms with Crippen molar-refractivity contribution in [3.63, 3.8) is 0 Å². The van der Waals surface area contributed by atoms with Crippen molar-refractivity contribution in [1.82, 2.24) is 14.9 Å². The number of nitrogens with zero attached hydrogens (tertiary/aromatic N) is 3. The third-order valence-electron chi connectivity index (χ3n) is 5.75. The molecule has 144 valence electrons. The highest BCUT2D eigenvalue weighted by Gasteiger charge is 2.26. The molecule has 0 unspecified atom stereocenters. The number of aromatic nitrogens is 2. The minimum absolute atomic E-state index is 0.239. The predicted molar refractivity (Wildman–Crippen MR) is 116 cm³/mol.